The van der Waals surface area contributed by atoms with Gasteiger partial charge in [0.1, 0.15) is 0 Å². The molecule has 11 heavy (non-hydrogen) atoms. The molecule has 1 aromatic rings. The van der Waals surface area contributed by atoms with Gasteiger partial charge in [-0.25, -0.2) is 13.4 Å². The Morgan fingerprint density at radius 3 is 2.73 bits per heavy atom. The second kappa shape index (κ2) is 3.20. The Morgan fingerprint density at radius 2 is 2.36 bits per heavy atom. The highest BCUT2D eigenvalue weighted by Crippen LogP contribution is 2.16. The third-order valence-corrected chi connectivity index (χ3v) is 3.17. The lowest BCUT2D eigenvalue weighted by Crippen LogP contribution is -2.00. The lowest BCUT2D eigenvalue weighted by atomic mass is 10.6. The average Bonchev–Trinajstić information content (AvgIpc) is 2.10. The summed E-state index contributed by atoms with van der Waals surface area (Å²) in [5, 5.41) is 1.73. The number of rotatable bonds is 2. The molecule has 1 heterocycles. The molecule has 3 nitrogen and oxygen atoms in total. The van der Waals surface area contributed by atoms with Gasteiger partial charge < -0.3 is 0 Å². The highest BCUT2D eigenvalue weighted by molar-refractivity contribution is 9.11. The molecule has 0 amide bonds. The van der Waals surface area contributed by atoms with Crippen molar-refractivity contribution in [1.82, 2.24) is 4.98 Å². The van der Waals surface area contributed by atoms with E-state index in [0.29, 0.717) is 5.69 Å². The monoisotopic (exact) mass is 255 g/mol. The Labute approximate surface area is 77.5 Å². The van der Waals surface area contributed by atoms with Gasteiger partial charge in [0.2, 0.25) is 0 Å². The van der Waals surface area contributed by atoms with E-state index < -0.39 is 9.84 Å². The van der Waals surface area contributed by atoms with Crippen molar-refractivity contribution < 1.29 is 8.42 Å². The van der Waals surface area contributed by atoms with Crippen LogP contribution in [0, 0.1) is 0 Å². The summed E-state index contributed by atoms with van der Waals surface area (Å²) in [4.78, 5) is 3.95. The molecule has 1 rings (SSSR count). The summed E-state index contributed by atoms with van der Waals surface area (Å²) in [6.07, 6.45) is 1.19. The molecule has 0 bridgehead atoms. The van der Waals surface area contributed by atoms with Crippen LogP contribution in [0.2, 0.25) is 0 Å². The summed E-state index contributed by atoms with van der Waals surface area (Å²) in [6.45, 7) is 0. The van der Waals surface area contributed by atoms with Crippen LogP contribution in [-0.2, 0) is 15.6 Å². The largest absolute Gasteiger partial charge is 0.233 e. The first kappa shape index (κ1) is 9.15. The van der Waals surface area contributed by atoms with Crippen molar-refractivity contribution in [3.05, 3.63) is 15.0 Å². The summed E-state index contributed by atoms with van der Waals surface area (Å²) < 4.78 is 22.2. The van der Waals surface area contributed by atoms with Gasteiger partial charge in [0.05, 0.1) is 11.4 Å². The van der Waals surface area contributed by atoms with Crippen LogP contribution in [0.25, 0.3) is 0 Å². The minimum atomic E-state index is -2.94. The molecular formula is C5H6BrNO2S2. The number of hydrogen-bond acceptors (Lipinski definition) is 4. The number of aromatic nitrogens is 1. The van der Waals surface area contributed by atoms with E-state index in [0.717, 1.165) is 3.92 Å². The summed E-state index contributed by atoms with van der Waals surface area (Å²) in [7, 11) is -2.94. The maximum Gasteiger partial charge on any atom is 0.159 e. The fourth-order valence-corrected chi connectivity index (χ4v) is 2.46. The Kier molecular flexibility index (Phi) is 2.66. The number of sulfone groups is 1. The zero-order valence-corrected chi connectivity index (χ0v) is 8.96. The Hall–Kier alpha value is 0.0600. The van der Waals surface area contributed by atoms with Gasteiger partial charge in [0, 0.05) is 11.6 Å². The van der Waals surface area contributed by atoms with Gasteiger partial charge in [-0.3, -0.25) is 0 Å². The minimum Gasteiger partial charge on any atom is -0.233 e. The molecule has 0 N–H and O–H groups in total. The van der Waals surface area contributed by atoms with Crippen molar-refractivity contribution in [2.75, 3.05) is 6.26 Å². The molecule has 0 atom stereocenters. The minimum absolute atomic E-state index is 0.0229. The quantitative estimate of drug-likeness (QED) is 0.804. The molecule has 6 heteroatoms. The third-order valence-electron chi connectivity index (χ3n) is 0.934. The first-order valence-corrected chi connectivity index (χ1v) is 6.48. The van der Waals surface area contributed by atoms with Gasteiger partial charge in [-0.2, -0.15) is 0 Å². The molecule has 0 unspecified atom stereocenters. The van der Waals surface area contributed by atoms with Crippen molar-refractivity contribution >= 4 is 37.1 Å². The lowest BCUT2D eigenvalue weighted by Gasteiger charge is -1.90. The zero-order chi connectivity index (χ0) is 8.48. The first-order valence-electron chi connectivity index (χ1n) is 2.75. The van der Waals surface area contributed by atoms with Gasteiger partial charge in [0.15, 0.2) is 13.8 Å². The van der Waals surface area contributed by atoms with Crippen LogP contribution in [0.15, 0.2) is 9.30 Å². The third kappa shape index (κ3) is 3.31. The molecule has 62 valence electrons. The van der Waals surface area contributed by atoms with E-state index in [1.54, 1.807) is 5.38 Å². The van der Waals surface area contributed by atoms with E-state index in [9.17, 15) is 8.42 Å². The van der Waals surface area contributed by atoms with Crippen LogP contribution in [0.1, 0.15) is 5.69 Å². The van der Waals surface area contributed by atoms with Crippen LogP contribution in [-0.4, -0.2) is 19.7 Å². The van der Waals surface area contributed by atoms with E-state index in [1.807, 2.05) is 0 Å². The fourth-order valence-electron chi connectivity index (χ4n) is 0.617. The van der Waals surface area contributed by atoms with Crippen molar-refractivity contribution in [2.45, 2.75) is 5.75 Å². The number of thiazole rings is 1. The Bertz CT molecular complexity index is 343. The van der Waals surface area contributed by atoms with Crippen LogP contribution in [0.3, 0.4) is 0 Å². The topological polar surface area (TPSA) is 47.0 Å². The molecule has 0 spiro atoms. The van der Waals surface area contributed by atoms with E-state index in [-0.39, 0.29) is 5.75 Å². The summed E-state index contributed by atoms with van der Waals surface area (Å²) in [5.74, 6) is 0.0229. The maximum atomic E-state index is 10.8. The van der Waals surface area contributed by atoms with E-state index in [2.05, 4.69) is 20.9 Å². The Balaban J connectivity index is 2.81. The van der Waals surface area contributed by atoms with Crippen LogP contribution in [0.5, 0.6) is 0 Å². The van der Waals surface area contributed by atoms with Gasteiger partial charge in [-0.05, 0) is 15.9 Å². The normalized spacial score (nSPS) is 11.8. The predicted octanol–water partition coefficient (Wildman–Crippen LogP) is 1.45. The van der Waals surface area contributed by atoms with Gasteiger partial charge in [-0.1, -0.05) is 0 Å². The van der Waals surface area contributed by atoms with Gasteiger partial charge >= 0.3 is 0 Å². The Morgan fingerprint density at radius 1 is 1.73 bits per heavy atom. The van der Waals surface area contributed by atoms with Crippen LogP contribution < -0.4 is 0 Å². The van der Waals surface area contributed by atoms with Crippen LogP contribution in [0.4, 0.5) is 0 Å². The lowest BCUT2D eigenvalue weighted by molar-refractivity contribution is 0.600. The number of halogens is 1. The second-order valence-corrected chi connectivity index (χ2v) is 6.44. The van der Waals surface area contributed by atoms with E-state index in [4.69, 9.17) is 0 Å². The molecule has 0 saturated heterocycles. The summed E-state index contributed by atoms with van der Waals surface area (Å²) in [5.41, 5.74) is 0.601. The van der Waals surface area contributed by atoms with Crippen molar-refractivity contribution in [2.24, 2.45) is 0 Å². The van der Waals surface area contributed by atoms with Gasteiger partial charge in [-0.15, -0.1) is 11.3 Å². The molecule has 0 fully saturated rings. The second-order valence-electron chi connectivity index (χ2n) is 2.16. The average molecular weight is 256 g/mol. The summed E-state index contributed by atoms with van der Waals surface area (Å²) >= 11 is 4.54. The molecular weight excluding hydrogens is 250 g/mol. The standard InChI is InChI=1S/C5H6BrNO2S2/c1-11(8,9)3-4-2-10-5(6)7-4/h2H,3H2,1H3. The smallest absolute Gasteiger partial charge is 0.159 e. The van der Waals surface area contributed by atoms with Crippen LogP contribution >= 0.6 is 27.3 Å². The molecule has 0 aromatic carbocycles. The molecule has 0 aliphatic heterocycles. The first-order chi connectivity index (χ1) is 4.97. The summed E-state index contributed by atoms with van der Waals surface area (Å²) in [6, 6.07) is 0. The fraction of sp³-hybridized carbons (Fsp3) is 0.400. The van der Waals surface area contributed by atoms with Crippen molar-refractivity contribution in [3.63, 3.8) is 0 Å². The zero-order valence-electron chi connectivity index (χ0n) is 5.74. The number of hydrogen-bond donors (Lipinski definition) is 0. The molecule has 0 aliphatic carbocycles. The molecule has 0 radical (unpaired) electrons. The van der Waals surface area contributed by atoms with E-state index in [1.165, 1.54) is 17.6 Å². The maximum absolute atomic E-state index is 10.8. The SMILES string of the molecule is CS(=O)(=O)Cc1csc(Br)n1. The van der Waals surface area contributed by atoms with E-state index >= 15 is 0 Å². The molecule has 1 aromatic heterocycles. The number of nitrogens with zero attached hydrogens (tertiary/aromatic N) is 1. The molecule has 0 saturated carbocycles. The van der Waals surface area contributed by atoms with Gasteiger partial charge in [0.25, 0.3) is 0 Å². The predicted molar refractivity (Wildman–Crippen MR) is 48.4 cm³/mol. The van der Waals surface area contributed by atoms with Crippen molar-refractivity contribution in [3.8, 4) is 0 Å². The molecule has 0 aliphatic rings. The highest BCUT2D eigenvalue weighted by atomic mass is 79.9. The van der Waals surface area contributed by atoms with Crippen molar-refractivity contribution in [1.29, 1.82) is 0 Å². The highest BCUT2D eigenvalue weighted by Gasteiger charge is 2.06.